The fourth-order valence-corrected chi connectivity index (χ4v) is 2.09. The molecule has 0 aliphatic heterocycles. The van der Waals surface area contributed by atoms with E-state index in [9.17, 15) is 24.8 Å². The molecule has 0 fully saturated rings. The Bertz CT molecular complexity index is 624. The predicted molar refractivity (Wildman–Crippen MR) is 91.3 cm³/mol. The monoisotopic (exact) mass is 352 g/mol. The molecule has 0 aliphatic carbocycles. The molecule has 0 heterocycles. The van der Waals surface area contributed by atoms with Crippen molar-refractivity contribution in [3.05, 3.63) is 39.9 Å². The Balaban J connectivity index is 2.51. The Morgan fingerprint density at radius 1 is 1.36 bits per heavy atom. The van der Waals surface area contributed by atoms with E-state index in [1.165, 1.54) is 12.1 Å². The normalized spacial score (nSPS) is 12.4. The summed E-state index contributed by atoms with van der Waals surface area (Å²) in [5, 5.41) is 22.4. The van der Waals surface area contributed by atoms with Crippen LogP contribution < -0.4 is 5.32 Å². The van der Waals surface area contributed by atoms with Crippen molar-refractivity contribution in [2.75, 3.05) is 6.61 Å². The fraction of sp³-hybridized carbons (Fsp3) is 0.529. The van der Waals surface area contributed by atoms with E-state index in [-0.39, 0.29) is 30.7 Å². The number of hydrogen-bond donors (Lipinski definition) is 2. The first-order chi connectivity index (χ1) is 11.6. The predicted octanol–water partition coefficient (Wildman–Crippen LogP) is 2.30. The summed E-state index contributed by atoms with van der Waals surface area (Å²) in [5.74, 6) is -1.55. The zero-order valence-electron chi connectivity index (χ0n) is 14.7. The molecule has 1 aromatic carbocycles. The highest BCUT2D eigenvalue weighted by atomic mass is 16.6. The lowest BCUT2D eigenvalue weighted by atomic mass is 10.1. The number of rotatable bonds is 9. The van der Waals surface area contributed by atoms with Crippen molar-refractivity contribution in [1.29, 1.82) is 0 Å². The van der Waals surface area contributed by atoms with Crippen LogP contribution in [0.3, 0.4) is 0 Å². The highest BCUT2D eigenvalue weighted by Gasteiger charge is 2.21. The van der Waals surface area contributed by atoms with E-state index in [0.29, 0.717) is 12.0 Å². The molecule has 1 rings (SSSR count). The second-order valence-corrected chi connectivity index (χ2v) is 6.63. The lowest BCUT2D eigenvalue weighted by Gasteiger charge is -2.21. The fourth-order valence-electron chi connectivity index (χ4n) is 2.09. The van der Waals surface area contributed by atoms with Crippen molar-refractivity contribution in [1.82, 2.24) is 5.32 Å². The quantitative estimate of drug-likeness (QED) is 0.520. The molecule has 1 aromatic rings. The van der Waals surface area contributed by atoms with Crippen LogP contribution in [-0.2, 0) is 20.7 Å². The van der Waals surface area contributed by atoms with Gasteiger partial charge in [-0.05, 0) is 32.8 Å². The number of nitro benzene ring substituents is 1. The number of benzene rings is 1. The Labute approximate surface area is 146 Å². The number of ether oxygens (including phenoxy) is 1. The van der Waals surface area contributed by atoms with Crippen molar-refractivity contribution in [2.45, 2.75) is 51.7 Å². The van der Waals surface area contributed by atoms with Crippen LogP contribution in [0.1, 0.15) is 39.2 Å². The number of carboxylic acids is 1. The van der Waals surface area contributed by atoms with E-state index < -0.39 is 22.8 Å². The molecule has 0 saturated heterocycles. The lowest BCUT2D eigenvalue weighted by Crippen LogP contribution is -2.42. The Kier molecular flexibility index (Phi) is 7.50. The third-order valence-corrected chi connectivity index (χ3v) is 3.34. The van der Waals surface area contributed by atoms with E-state index in [1.54, 1.807) is 12.1 Å². The molecule has 1 unspecified atom stereocenters. The molecule has 8 nitrogen and oxygen atoms in total. The van der Waals surface area contributed by atoms with Gasteiger partial charge in [-0.15, -0.1) is 0 Å². The summed E-state index contributed by atoms with van der Waals surface area (Å²) in [4.78, 5) is 33.4. The maximum absolute atomic E-state index is 12.0. The number of amides is 1. The maximum atomic E-state index is 12.0. The minimum atomic E-state index is -1.12. The number of nitrogens with one attached hydrogen (secondary N) is 1. The van der Waals surface area contributed by atoms with Gasteiger partial charge in [0, 0.05) is 31.6 Å². The van der Waals surface area contributed by atoms with Gasteiger partial charge in [-0.25, -0.2) is 4.79 Å². The van der Waals surface area contributed by atoms with Gasteiger partial charge in [-0.3, -0.25) is 14.9 Å². The highest BCUT2D eigenvalue weighted by molar-refractivity contribution is 5.83. The van der Waals surface area contributed by atoms with E-state index in [4.69, 9.17) is 4.74 Å². The Morgan fingerprint density at radius 3 is 2.60 bits per heavy atom. The van der Waals surface area contributed by atoms with E-state index in [2.05, 4.69) is 5.32 Å². The molecule has 0 radical (unpaired) electrons. The smallest absolute Gasteiger partial charge is 0.326 e. The topological polar surface area (TPSA) is 119 Å². The van der Waals surface area contributed by atoms with Gasteiger partial charge < -0.3 is 15.2 Å². The van der Waals surface area contributed by atoms with Crippen molar-refractivity contribution < 1.29 is 24.4 Å². The number of hydrogen-bond acceptors (Lipinski definition) is 5. The molecular weight excluding hydrogens is 328 g/mol. The summed E-state index contributed by atoms with van der Waals surface area (Å²) >= 11 is 0. The van der Waals surface area contributed by atoms with Gasteiger partial charge in [0.1, 0.15) is 6.04 Å². The van der Waals surface area contributed by atoms with Crippen molar-refractivity contribution in [3.8, 4) is 0 Å². The van der Waals surface area contributed by atoms with Gasteiger partial charge in [0.05, 0.1) is 10.5 Å². The van der Waals surface area contributed by atoms with Crippen LogP contribution in [0.5, 0.6) is 0 Å². The summed E-state index contributed by atoms with van der Waals surface area (Å²) in [7, 11) is 0. The van der Waals surface area contributed by atoms with Gasteiger partial charge in [0.2, 0.25) is 5.91 Å². The minimum Gasteiger partial charge on any atom is -0.480 e. The largest absolute Gasteiger partial charge is 0.480 e. The summed E-state index contributed by atoms with van der Waals surface area (Å²) in [6.45, 7) is 5.80. The third-order valence-electron chi connectivity index (χ3n) is 3.34. The van der Waals surface area contributed by atoms with Crippen molar-refractivity contribution in [2.24, 2.45) is 0 Å². The molecule has 0 aromatic heterocycles. The van der Waals surface area contributed by atoms with Gasteiger partial charge in [0.15, 0.2) is 0 Å². The van der Waals surface area contributed by atoms with Crippen molar-refractivity contribution in [3.63, 3.8) is 0 Å². The molecule has 1 atom stereocenters. The molecular formula is C17H24N2O6. The summed E-state index contributed by atoms with van der Waals surface area (Å²) < 4.78 is 5.48. The lowest BCUT2D eigenvalue weighted by molar-refractivity contribution is -0.384. The number of carbonyl (C=O) groups is 2. The average Bonchev–Trinajstić information content (AvgIpc) is 2.51. The zero-order valence-corrected chi connectivity index (χ0v) is 14.7. The highest BCUT2D eigenvalue weighted by Crippen LogP contribution is 2.14. The van der Waals surface area contributed by atoms with E-state index >= 15 is 0 Å². The molecule has 0 bridgehead atoms. The molecule has 1 amide bonds. The number of carbonyl (C=O) groups excluding carboxylic acids is 1. The molecule has 2 N–H and O–H groups in total. The number of nitrogens with zero attached hydrogens (tertiary/aromatic N) is 1. The average molecular weight is 352 g/mol. The van der Waals surface area contributed by atoms with Crippen LogP contribution in [-0.4, -0.2) is 40.2 Å². The second kappa shape index (κ2) is 9.12. The van der Waals surface area contributed by atoms with E-state index in [1.807, 2.05) is 20.8 Å². The first-order valence-electron chi connectivity index (χ1n) is 7.98. The molecule has 138 valence electrons. The zero-order chi connectivity index (χ0) is 19.0. The first kappa shape index (κ1) is 20.6. The number of carboxylic acid groups (broad SMARTS) is 1. The van der Waals surface area contributed by atoms with Crippen molar-refractivity contribution >= 4 is 17.6 Å². The molecule has 0 aliphatic rings. The summed E-state index contributed by atoms with van der Waals surface area (Å²) in [6, 6.07) is 4.99. The number of aliphatic carboxylic acids is 1. The number of non-ortho nitro benzene ring substituents is 1. The van der Waals surface area contributed by atoms with Crippen LogP contribution in [0.15, 0.2) is 24.3 Å². The van der Waals surface area contributed by atoms with Crippen LogP contribution >= 0.6 is 0 Å². The third kappa shape index (κ3) is 8.25. The van der Waals surface area contributed by atoms with Gasteiger partial charge in [0.25, 0.3) is 5.69 Å². The Morgan fingerprint density at radius 2 is 2.04 bits per heavy atom. The van der Waals surface area contributed by atoms with Gasteiger partial charge >= 0.3 is 5.97 Å². The summed E-state index contributed by atoms with van der Waals surface area (Å²) in [5.41, 5.74) is 0.225. The standard InChI is InChI=1S/C17H24N2O6/c1-17(2,3)25-10-9-14(16(21)22)18-15(20)8-7-12-5-4-6-13(11-12)19(23)24/h4-6,11,14H,7-10H2,1-3H3,(H,18,20)(H,21,22). The first-order valence-corrected chi connectivity index (χ1v) is 7.98. The molecule has 0 saturated carbocycles. The Hall–Kier alpha value is -2.48. The van der Waals surface area contributed by atoms with Crippen LogP contribution in [0, 0.1) is 10.1 Å². The second-order valence-electron chi connectivity index (χ2n) is 6.63. The minimum absolute atomic E-state index is 0.0411. The van der Waals surface area contributed by atoms with Gasteiger partial charge in [-0.1, -0.05) is 12.1 Å². The molecule has 25 heavy (non-hydrogen) atoms. The number of aryl methyl sites for hydroxylation is 1. The van der Waals surface area contributed by atoms with Gasteiger partial charge in [-0.2, -0.15) is 0 Å². The maximum Gasteiger partial charge on any atom is 0.326 e. The van der Waals surface area contributed by atoms with E-state index in [0.717, 1.165) is 0 Å². The van der Waals surface area contributed by atoms with Crippen LogP contribution in [0.2, 0.25) is 0 Å². The molecule has 8 heteroatoms. The molecule has 0 spiro atoms. The SMILES string of the molecule is CC(C)(C)OCCC(NC(=O)CCc1cccc([N+](=O)[O-])c1)C(=O)O. The van der Waals surface area contributed by atoms with Crippen LogP contribution in [0.4, 0.5) is 5.69 Å². The van der Waals surface area contributed by atoms with Crippen LogP contribution in [0.25, 0.3) is 0 Å². The summed E-state index contributed by atoms with van der Waals surface area (Å²) in [6.07, 6.45) is 0.499. The number of nitro groups is 1.